The first-order valence-corrected chi connectivity index (χ1v) is 11.5. The van der Waals surface area contributed by atoms with Crippen LogP contribution in [0.3, 0.4) is 0 Å². The number of rotatable bonds is 7. The number of nitrogens with zero attached hydrogens (tertiary/aromatic N) is 4. The van der Waals surface area contributed by atoms with Crippen LogP contribution in [-0.2, 0) is 11.3 Å². The first kappa shape index (κ1) is 23.5. The van der Waals surface area contributed by atoms with Gasteiger partial charge in [0.15, 0.2) is 0 Å². The lowest BCUT2D eigenvalue weighted by molar-refractivity contribution is 0.0681. The van der Waals surface area contributed by atoms with Gasteiger partial charge in [-0.15, -0.1) is 0 Å². The van der Waals surface area contributed by atoms with Crippen molar-refractivity contribution in [2.75, 3.05) is 33.4 Å². The van der Waals surface area contributed by atoms with Crippen LogP contribution in [0.2, 0.25) is 0 Å². The maximum atomic E-state index is 12.8. The van der Waals surface area contributed by atoms with Gasteiger partial charge < -0.3 is 15.0 Å². The molecule has 4 rings (SSSR count). The van der Waals surface area contributed by atoms with E-state index in [-0.39, 0.29) is 11.8 Å². The van der Waals surface area contributed by atoms with E-state index >= 15 is 0 Å². The van der Waals surface area contributed by atoms with Crippen LogP contribution in [0.5, 0.6) is 0 Å². The topological polar surface area (TPSA) is 100 Å². The Hall–Kier alpha value is -3.70. The fourth-order valence-electron chi connectivity index (χ4n) is 4.44. The van der Waals surface area contributed by atoms with Gasteiger partial charge in [0.05, 0.1) is 23.8 Å². The molecule has 34 heavy (non-hydrogen) atoms. The number of carbonyl (C=O) groups excluding carboxylic acids is 2. The van der Waals surface area contributed by atoms with Gasteiger partial charge in [-0.25, -0.2) is 0 Å². The summed E-state index contributed by atoms with van der Waals surface area (Å²) in [6.07, 6.45) is 3.83. The van der Waals surface area contributed by atoms with Crippen LogP contribution in [-0.4, -0.2) is 59.8 Å². The first-order chi connectivity index (χ1) is 16.5. The minimum Gasteiger partial charge on any atom is -0.383 e. The molecule has 0 atom stereocenters. The smallest absolute Gasteiger partial charge is 0.253 e. The predicted octanol–water partition coefficient (Wildman–Crippen LogP) is 3.15. The molecule has 0 unspecified atom stereocenters. The summed E-state index contributed by atoms with van der Waals surface area (Å²) in [4.78, 5) is 27.1. The minimum absolute atomic E-state index is 0.0136. The molecule has 0 bridgehead atoms. The first-order valence-electron chi connectivity index (χ1n) is 11.5. The third-order valence-corrected chi connectivity index (χ3v) is 6.45. The summed E-state index contributed by atoms with van der Waals surface area (Å²) in [6.45, 7) is 5.08. The Morgan fingerprint density at radius 2 is 1.91 bits per heavy atom. The van der Waals surface area contributed by atoms with Crippen LogP contribution in [0.25, 0.3) is 10.9 Å². The van der Waals surface area contributed by atoms with Crippen molar-refractivity contribution in [3.8, 4) is 6.07 Å². The molecular weight excluding hydrogens is 430 g/mol. The largest absolute Gasteiger partial charge is 0.383 e. The molecule has 0 radical (unpaired) electrons. The number of methoxy groups -OCH3 is 1. The maximum Gasteiger partial charge on any atom is 0.253 e. The molecule has 1 aliphatic heterocycles. The number of piperidine rings is 1. The van der Waals surface area contributed by atoms with E-state index in [1.54, 1.807) is 31.4 Å². The van der Waals surface area contributed by atoms with Gasteiger partial charge in [-0.05, 0) is 67.6 Å². The number of aromatic nitrogens is 2. The number of amides is 2. The monoisotopic (exact) mass is 459 g/mol. The van der Waals surface area contributed by atoms with E-state index in [0.717, 1.165) is 35.9 Å². The molecule has 176 valence electrons. The van der Waals surface area contributed by atoms with E-state index in [1.807, 2.05) is 34.8 Å². The van der Waals surface area contributed by atoms with Gasteiger partial charge in [0.25, 0.3) is 11.8 Å². The molecular formula is C26H29N5O3. The Morgan fingerprint density at radius 1 is 1.18 bits per heavy atom. The van der Waals surface area contributed by atoms with Crippen LogP contribution >= 0.6 is 0 Å². The molecule has 8 heteroatoms. The molecule has 3 aromatic rings. The van der Waals surface area contributed by atoms with Crippen LogP contribution in [0.4, 0.5) is 0 Å². The standard InChI is InChI=1S/C26H29N5O3/c1-18-22(25(32)28-11-14-34-2)7-8-24-23(18)17-31(29-24)16-20-9-12-30(13-10-20)26(33)21-5-3-19(15-27)4-6-21/h3-8,17,20H,9-14,16H2,1-2H3,(H,28,32). The highest BCUT2D eigenvalue weighted by Gasteiger charge is 2.24. The third-order valence-electron chi connectivity index (χ3n) is 6.45. The molecule has 1 N–H and O–H groups in total. The van der Waals surface area contributed by atoms with Gasteiger partial charge >= 0.3 is 0 Å². The van der Waals surface area contributed by atoms with Crippen LogP contribution in [0.1, 0.15) is 44.7 Å². The molecule has 2 heterocycles. The normalized spacial score (nSPS) is 14.2. The molecule has 1 aliphatic rings. The molecule has 1 saturated heterocycles. The lowest BCUT2D eigenvalue weighted by atomic mass is 9.96. The fourth-order valence-corrected chi connectivity index (χ4v) is 4.44. The molecule has 1 fully saturated rings. The van der Waals surface area contributed by atoms with E-state index in [2.05, 4.69) is 11.4 Å². The number of aryl methyl sites for hydroxylation is 1. The third kappa shape index (κ3) is 5.10. The second-order valence-electron chi connectivity index (χ2n) is 8.70. The van der Waals surface area contributed by atoms with Crippen molar-refractivity contribution in [3.05, 3.63) is 64.8 Å². The van der Waals surface area contributed by atoms with Crippen LogP contribution < -0.4 is 5.32 Å². The van der Waals surface area contributed by atoms with Gasteiger partial charge in [-0.3, -0.25) is 14.3 Å². The Kier molecular flexibility index (Phi) is 7.24. The van der Waals surface area contributed by atoms with Crippen molar-refractivity contribution in [1.82, 2.24) is 20.0 Å². The Bertz CT molecular complexity index is 1220. The lowest BCUT2D eigenvalue weighted by Gasteiger charge is -2.32. The molecule has 0 aliphatic carbocycles. The fraction of sp³-hybridized carbons (Fsp3) is 0.385. The molecule has 2 aromatic carbocycles. The summed E-state index contributed by atoms with van der Waals surface area (Å²) in [5, 5.41) is 17.5. The van der Waals surface area contributed by atoms with Gasteiger partial charge in [-0.2, -0.15) is 10.4 Å². The summed E-state index contributed by atoms with van der Waals surface area (Å²) in [5.74, 6) is 0.333. The zero-order valence-electron chi connectivity index (χ0n) is 19.6. The number of nitrogens with one attached hydrogen (secondary N) is 1. The number of likely N-dealkylation sites (tertiary alicyclic amines) is 1. The predicted molar refractivity (Wildman–Crippen MR) is 128 cm³/mol. The second-order valence-corrected chi connectivity index (χ2v) is 8.70. The van der Waals surface area contributed by atoms with Crippen molar-refractivity contribution in [2.45, 2.75) is 26.3 Å². The Balaban J connectivity index is 1.37. The quantitative estimate of drug-likeness (QED) is 0.547. The zero-order valence-corrected chi connectivity index (χ0v) is 19.6. The van der Waals surface area contributed by atoms with Gasteiger partial charge in [0.1, 0.15) is 0 Å². The highest BCUT2D eigenvalue weighted by molar-refractivity contribution is 6.00. The summed E-state index contributed by atoms with van der Waals surface area (Å²) in [6, 6.07) is 12.6. The van der Waals surface area contributed by atoms with Crippen molar-refractivity contribution in [2.24, 2.45) is 5.92 Å². The molecule has 1 aromatic heterocycles. The van der Waals surface area contributed by atoms with Gasteiger partial charge in [0, 0.05) is 56.0 Å². The Labute approximate surface area is 199 Å². The van der Waals surface area contributed by atoms with E-state index in [4.69, 9.17) is 15.1 Å². The summed E-state index contributed by atoms with van der Waals surface area (Å²) >= 11 is 0. The number of benzene rings is 2. The van der Waals surface area contributed by atoms with Gasteiger partial charge in [-0.1, -0.05) is 0 Å². The van der Waals surface area contributed by atoms with Crippen molar-refractivity contribution in [3.63, 3.8) is 0 Å². The van der Waals surface area contributed by atoms with Crippen molar-refractivity contribution in [1.29, 1.82) is 5.26 Å². The van der Waals surface area contributed by atoms with E-state index in [1.165, 1.54) is 0 Å². The number of carbonyl (C=O) groups is 2. The molecule has 8 nitrogen and oxygen atoms in total. The number of fused-ring (bicyclic) bond motifs is 1. The molecule has 0 spiro atoms. The maximum absolute atomic E-state index is 12.8. The number of ether oxygens (including phenoxy) is 1. The number of hydrogen-bond donors (Lipinski definition) is 1. The summed E-state index contributed by atoms with van der Waals surface area (Å²) < 4.78 is 6.96. The van der Waals surface area contributed by atoms with E-state index in [9.17, 15) is 9.59 Å². The minimum atomic E-state index is -0.108. The highest BCUT2D eigenvalue weighted by atomic mass is 16.5. The second kappa shape index (κ2) is 10.5. The Morgan fingerprint density at radius 3 is 2.59 bits per heavy atom. The average molecular weight is 460 g/mol. The highest BCUT2D eigenvalue weighted by Crippen LogP contribution is 2.24. The van der Waals surface area contributed by atoms with Crippen molar-refractivity contribution >= 4 is 22.7 Å². The van der Waals surface area contributed by atoms with E-state index < -0.39 is 0 Å². The summed E-state index contributed by atoms with van der Waals surface area (Å²) in [7, 11) is 1.61. The van der Waals surface area contributed by atoms with Crippen LogP contribution in [0, 0.1) is 24.2 Å². The zero-order chi connectivity index (χ0) is 24.1. The van der Waals surface area contributed by atoms with Crippen molar-refractivity contribution < 1.29 is 14.3 Å². The number of hydrogen-bond acceptors (Lipinski definition) is 5. The average Bonchev–Trinajstić information content (AvgIpc) is 3.28. The number of nitriles is 1. The summed E-state index contributed by atoms with van der Waals surface area (Å²) in [5.41, 5.74) is 3.61. The van der Waals surface area contributed by atoms with Crippen LogP contribution in [0.15, 0.2) is 42.6 Å². The molecule has 0 saturated carbocycles. The lowest BCUT2D eigenvalue weighted by Crippen LogP contribution is -2.39. The van der Waals surface area contributed by atoms with E-state index in [0.29, 0.717) is 48.8 Å². The SMILES string of the molecule is COCCNC(=O)c1ccc2nn(CC3CCN(C(=O)c4ccc(C#N)cc4)CC3)cc2c1C. The van der Waals surface area contributed by atoms with Gasteiger partial charge in [0.2, 0.25) is 0 Å². The molecule has 2 amide bonds.